The fraction of sp³-hybridized carbons (Fsp3) is 0.417. The van der Waals surface area contributed by atoms with E-state index in [2.05, 4.69) is 13.8 Å². The molecule has 88 valence electrons. The molecule has 1 aromatic carbocycles. The molecule has 0 radical (unpaired) electrons. The number of benzene rings is 1. The molecule has 4 heteroatoms. The van der Waals surface area contributed by atoms with E-state index in [1.54, 1.807) is 18.8 Å². The van der Waals surface area contributed by atoms with Crippen molar-refractivity contribution in [2.24, 2.45) is 0 Å². The standard InChI is InChI=1S/C12H17NO2S/c1-9(2)16-11-6-4-10(5-7-11)8-13(3)12(14)15/h4-7,9H,8H2,1-3H3,(H,14,15). The highest BCUT2D eigenvalue weighted by Gasteiger charge is 2.06. The third-order valence-electron chi connectivity index (χ3n) is 2.04. The van der Waals surface area contributed by atoms with Crippen LogP contribution in [0.5, 0.6) is 0 Å². The molecule has 16 heavy (non-hydrogen) atoms. The van der Waals surface area contributed by atoms with Gasteiger partial charge in [0.15, 0.2) is 0 Å². The number of thioether (sulfide) groups is 1. The molecule has 0 bridgehead atoms. The van der Waals surface area contributed by atoms with E-state index in [0.717, 1.165) is 5.56 Å². The van der Waals surface area contributed by atoms with Crippen LogP contribution in [-0.4, -0.2) is 28.4 Å². The highest BCUT2D eigenvalue weighted by atomic mass is 32.2. The molecule has 0 fully saturated rings. The minimum absolute atomic E-state index is 0.432. The highest BCUT2D eigenvalue weighted by Crippen LogP contribution is 2.23. The zero-order valence-corrected chi connectivity index (χ0v) is 10.6. The number of carboxylic acid groups (broad SMARTS) is 1. The van der Waals surface area contributed by atoms with Gasteiger partial charge in [0.1, 0.15) is 0 Å². The molecule has 0 spiro atoms. The minimum Gasteiger partial charge on any atom is -0.465 e. The molecule has 1 rings (SSSR count). The van der Waals surface area contributed by atoms with Gasteiger partial charge in [0.2, 0.25) is 0 Å². The van der Waals surface area contributed by atoms with Crippen LogP contribution < -0.4 is 0 Å². The largest absolute Gasteiger partial charge is 0.465 e. The first-order valence-electron chi connectivity index (χ1n) is 5.18. The quantitative estimate of drug-likeness (QED) is 0.820. The Morgan fingerprint density at radius 2 is 1.94 bits per heavy atom. The van der Waals surface area contributed by atoms with E-state index in [1.165, 1.54) is 9.80 Å². The number of amides is 1. The summed E-state index contributed by atoms with van der Waals surface area (Å²) < 4.78 is 0. The summed E-state index contributed by atoms with van der Waals surface area (Å²) in [6.07, 6.45) is -0.902. The molecular formula is C12H17NO2S. The maximum absolute atomic E-state index is 10.6. The van der Waals surface area contributed by atoms with Crippen LogP contribution in [0.2, 0.25) is 0 Å². The topological polar surface area (TPSA) is 40.5 Å². The fourth-order valence-electron chi connectivity index (χ4n) is 1.29. The van der Waals surface area contributed by atoms with Crippen LogP contribution >= 0.6 is 11.8 Å². The van der Waals surface area contributed by atoms with Crippen LogP contribution in [0.1, 0.15) is 19.4 Å². The van der Waals surface area contributed by atoms with Crippen molar-refractivity contribution in [3.63, 3.8) is 0 Å². The summed E-state index contributed by atoms with van der Waals surface area (Å²) in [4.78, 5) is 13.1. The van der Waals surface area contributed by atoms with Crippen LogP contribution in [0.3, 0.4) is 0 Å². The molecule has 0 atom stereocenters. The SMILES string of the molecule is CC(C)Sc1ccc(CN(C)C(=O)O)cc1. The van der Waals surface area contributed by atoms with Crippen LogP contribution in [0.15, 0.2) is 29.2 Å². The average Bonchev–Trinajstić information content (AvgIpc) is 2.20. The second kappa shape index (κ2) is 5.80. The van der Waals surface area contributed by atoms with E-state index in [4.69, 9.17) is 5.11 Å². The minimum atomic E-state index is -0.902. The van der Waals surface area contributed by atoms with Crippen molar-refractivity contribution in [3.8, 4) is 0 Å². The average molecular weight is 239 g/mol. The summed E-state index contributed by atoms with van der Waals surface area (Å²) in [5.74, 6) is 0. The van der Waals surface area contributed by atoms with Crippen LogP contribution in [-0.2, 0) is 6.54 Å². The van der Waals surface area contributed by atoms with E-state index >= 15 is 0 Å². The normalized spacial score (nSPS) is 10.5. The lowest BCUT2D eigenvalue weighted by Gasteiger charge is -2.13. The molecule has 1 aromatic rings. The van der Waals surface area contributed by atoms with Gasteiger partial charge < -0.3 is 10.0 Å². The molecule has 1 N–H and O–H groups in total. The first-order valence-corrected chi connectivity index (χ1v) is 6.06. The first-order chi connectivity index (χ1) is 7.49. The Morgan fingerprint density at radius 3 is 2.38 bits per heavy atom. The van der Waals surface area contributed by atoms with Crippen molar-refractivity contribution in [1.29, 1.82) is 0 Å². The molecule has 0 aliphatic rings. The number of rotatable bonds is 4. The zero-order valence-electron chi connectivity index (χ0n) is 9.80. The van der Waals surface area contributed by atoms with E-state index in [9.17, 15) is 4.79 Å². The molecular weight excluding hydrogens is 222 g/mol. The Bertz CT molecular complexity index is 349. The third kappa shape index (κ3) is 4.14. The van der Waals surface area contributed by atoms with Gasteiger partial charge in [-0.25, -0.2) is 4.79 Å². The smallest absolute Gasteiger partial charge is 0.407 e. The van der Waals surface area contributed by atoms with E-state index in [-0.39, 0.29) is 0 Å². The molecule has 0 aliphatic carbocycles. The van der Waals surface area contributed by atoms with Crippen LogP contribution in [0.4, 0.5) is 4.79 Å². The van der Waals surface area contributed by atoms with Crippen molar-refractivity contribution in [3.05, 3.63) is 29.8 Å². The molecule has 1 amide bonds. The van der Waals surface area contributed by atoms with Gasteiger partial charge in [-0.1, -0.05) is 26.0 Å². The summed E-state index contributed by atoms with van der Waals surface area (Å²) in [7, 11) is 1.57. The highest BCUT2D eigenvalue weighted by molar-refractivity contribution is 7.99. The molecule has 0 saturated carbocycles. The lowest BCUT2D eigenvalue weighted by molar-refractivity contribution is 0.153. The maximum atomic E-state index is 10.6. The molecule has 0 aromatic heterocycles. The van der Waals surface area contributed by atoms with Gasteiger partial charge >= 0.3 is 6.09 Å². The molecule has 0 heterocycles. The van der Waals surface area contributed by atoms with Gasteiger partial charge in [-0.15, -0.1) is 11.8 Å². The maximum Gasteiger partial charge on any atom is 0.407 e. The van der Waals surface area contributed by atoms with Crippen LogP contribution in [0.25, 0.3) is 0 Å². The van der Waals surface area contributed by atoms with E-state index in [0.29, 0.717) is 11.8 Å². The van der Waals surface area contributed by atoms with E-state index < -0.39 is 6.09 Å². The van der Waals surface area contributed by atoms with Gasteiger partial charge in [0.05, 0.1) is 0 Å². The Labute approximate surface area is 100 Å². The van der Waals surface area contributed by atoms with Gasteiger partial charge in [0, 0.05) is 23.7 Å². The van der Waals surface area contributed by atoms with Gasteiger partial charge in [-0.3, -0.25) is 0 Å². The lowest BCUT2D eigenvalue weighted by Crippen LogP contribution is -2.23. The Hall–Kier alpha value is -1.16. The van der Waals surface area contributed by atoms with Crippen LogP contribution in [0, 0.1) is 0 Å². The van der Waals surface area contributed by atoms with E-state index in [1.807, 2.05) is 24.3 Å². The van der Waals surface area contributed by atoms with Crippen molar-refractivity contribution in [1.82, 2.24) is 4.90 Å². The number of hydrogen-bond donors (Lipinski definition) is 1. The van der Waals surface area contributed by atoms with Gasteiger partial charge in [-0.05, 0) is 17.7 Å². The predicted molar refractivity (Wildman–Crippen MR) is 66.9 cm³/mol. The zero-order chi connectivity index (χ0) is 12.1. The Kier molecular flexibility index (Phi) is 4.68. The predicted octanol–water partition coefficient (Wildman–Crippen LogP) is 3.30. The molecule has 3 nitrogen and oxygen atoms in total. The Balaban J connectivity index is 2.61. The summed E-state index contributed by atoms with van der Waals surface area (Å²) in [6, 6.07) is 8.03. The molecule has 0 unspecified atom stereocenters. The third-order valence-corrected chi connectivity index (χ3v) is 3.06. The van der Waals surface area contributed by atoms with Crippen molar-refractivity contribution in [2.45, 2.75) is 30.5 Å². The number of hydrogen-bond acceptors (Lipinski definition) is 2. The lowest BCUT2D eigenvalue weighted by atomic mass is 10.2. The van der Waals surface area contributed by atoms with Gasteiger partial charge in [-0.2, -0.15) is 0 Å². The summed E-state index contributed by atoms with van der Waals surface area (Å²) in [6.45, 7) is 4.73. The second-order valence-corrected chi connectivity index (χ2v) is 5.60. The first kappa shape index (κ1) is 12.9. The van der Waals surface area contributed by atoms with Gasteiger partial charge in [0.25, 0.3) is 0 Å². The summed E-state index contributed by atoms with van der Waals surface area (Å²) in [5, 5.41) is 9.30. The number of carbonyl (C=O) groups is 1. The second-order valence-electron chi connectivity index (χ2n) is 3.95. The summed E-state index contributed by atoms with van der Waals surface area (Å²) >= 11 is 1.80. The summed E-state index contributed by atoms with van der Waals surface area (Å²) in [5.41, 5.74) is 1.01. The monoisotopic (exact) mass is 239 g/mol. The van der Waals surface area contributed by atoms with Crippen molar-refractivity contribution < 1.29 is 9.90 Å². The molecule has 0 aliphatic heterocycles. The fourth-order valence-corrected chi connectivity index (χ4v) is 2.12. The number of nitrogens with zero attached hydrogens (tertiary/aromatic N) is 1. The van der Waals surface area contributed by atoms with Crippen molar-refractivity contribution in [2.75, 3.05) is 7.05 Å². The molecule has 0 saturated heterocycles. The Morgan fingerprint density at radius 1 is 1.38 bits per heavy atom. The van der Waals surface area contributed by atoms with Crippen molar-refractivity contribution >= 4 is 17.9 Å².